The van der Waals surface area contributed by atoms with Crippen LogP contribution in [0.1, 0.15) is 35.3 Å². The molecule has 24 atom stereocenters. The van der Waals surface area contributed by atoms with Gasteiger partial charge in [-0.05, 0) is 66.6 Å². The van der Waals surface area contributed by atoms with Crippen LogP contribution in [-0.2, 0) is 71.2 Å². The van der Waals surface area contributed by atoms with Gasteiger partial charge in [-0.15, -0.1) is 0 Å². The highest BCUT2D eigenvalue weighted by atomic mass is 16.9. The van der Waals surface area contributed by atoms with Crippen LogP contribution in [0.5, 0.6) is 23.0 Å². The zero-order chi connectivity index (χ0) is 66.2. The van der Waals surface area contributed by atoms with Crippen LogP contribution in [0.25, 0.3) is 12.2 Å². The fourth-order valence-electron chi connectivity index (χ4n) is 10.2. The number of rotatable bonds is 23. The number of esters is 4. The molecule has 33 nitrogen and oxygen atoms in total. The molecule has 3 aromatic rings. The van der Waals surface area contributed by atoms with E-state index < -0.39 is 197 Å². The third kappa shape index (κ3) is 16.1. The summed E-state index contributed by atoms with van der Waals surface area (Å²) in [4.78, 5) is 55.3. The summed E-state index contributed by atoms with van der Waals surface area (Å²) in [5.74, 6) is -8.31. The van der Waals surface area contributed by atoms with E-state index in [-0.39, 0.29) is 39.7 Å². The first-order valence-corrected chi connectivity index (χ1v) is 28.2. The Bertz CT molecular complexity index is 2980. The van der Waals surface area contributed by atoms with Gasteiger partial charge in [0, 0.05) is 19.1 Å². The highest BCUT2D eigenvalue weighted by molar-refractivity contribution is 5.90. The Balaban J connectivity index is 1.23. The molecule has 5 aliphatic heterocycles. The van der Waals surface area contributed by atoms with Crippen LogP contribution < -0.4 is 14.2 Å². The third-order valence-electron chi connectivity index (χ3n) is 15.2. The smallest absolute Gasteiger partial charge is 0.338 e. The van der Waals surface area contributed by atoms with Crippen LogP contribution in [0.2, 0.25) is 0 Å². The van der Waals surface area contributed by atoms with E-state index in [1.54, 1.807) is 6.07 Å². The Morgan fingerprint density at radius 1 is 0.527 bits per heavy atom. The van der Waals surface area contributed by atoms with Crippen molar-refractivity contribution < 1.29 is 162 Å². The summed E-state index contributed by atoms with van der Waals surface area (Å²) in [6.07, 6.45) is -42.8. The summed E-state index contributed by atoms with van der Waals surface area (Å²) >= 11 is 0. The number of hydrogen-bond acceptors (Lipinski definition) is 33. The van der Waals surface area contributed by atoms with Gasteiger partial charge in [0.25, 0.3) is 0 Å². The number of benzene rings is 3. The second kappa shape index (κ2) is 30.9. The summed E-state index contributed by atoms with van der Waals surface area (Å²) < 4.78 is 87.8. The number of phenolic OH excluding ortho intramolecular Hbond substituents is 1. The fourth-order valence-corrected chi connectivity index (χ4v) is 10.2. The minimum Gasteiger partial charge on any atom is -0.504 e. The number of methoxy groups -OCH3 is 2. The van der Waals surface area contributed by atoms with E-state index >= 15 is 0 Å². The maximum absolute atomic E-state index is 14.3. The maximum atomic E-state index is 14.3. The number of phenols is 1. The number of carbonyl (C=O) groups is 4. The Morgan fingerprint density at radius 2 is 1.08 bits per heavy atom. The third-order valence-corrected chi connectivity index (χ3v) is 15.2. The normalized spacial score (nSPS) is 36.8. The van der Waals surface area contributed by atoms with Crippen molar-refractivity contribution in [1.29, 1.82) is 0 Å². The molecule has 502 valence electrons. The van der Waals surface area contributed by atoms with Crippen LogP contribution in [0.15, 0.2) is 78.9 Å². The number of carbonyl (C=O) groups excluding carboxylic acids is 4. The number of hydrogen-bond donors (Lipinski definition) is 14. The predicted molar refractivity (Wildman–Crippen MR) is 295 cm³/mol. The monoisotopic (exact) mass is 1300 g/mol. The van der Waals surface area contributed by atoms with Crippen molar-refractivity contribution in [3.8, 4) is 23.0 Å². The van der Waals surface area contributed by atoms with Gasteiger partial charge in [0.15, 0.2) is 54.1 Å². The van der Waals surface area contributed by atoms with Crippen molar-refractivity contribution in [3.63, 3.8) is 0 Å². The van der Waals surface area contributed by atoms with Gasteiger partial charge < -0.3 is 143 Å². The van der Waals surface area contributed by atoms with E-state index in [9.17, 15) is 90.7 Å². The lowest BCUT2D eigenvalue weighted by Gasteiger charge is -2.50. The molecule has 8 rings (SSSR count). The largest absolute Gasteiger partial charge is 0.504 e. The van der Waals surface area contributed by atoms with Crippen molar-refractivity contribution in [1.82, 2.24) is 0 Å². The summed E-state index contributed by atoms with van der Waals surface area (Å²) in [5, 5.41) is 151. The van der Waals surface area contributed by atoms with Crippen molar-refractivity contribution in [2.45, 2.75) is 161 Å². The number of aromatic hydroxyl groups is 1. The zero-order valence-electron chi connectivity index (χ0n) is 48.8. The maximum Gasteiger partial charge on any atom is 0.338 e. The minimum absolute atomic E-state index is 0.0154. The van der Waals surface area contributed by atoms with Gasteiger partial charge in [-0.25, -0.2) is 14.4 Å². The minimum atomic E-state index is -3.00. The Hall–Kier alpha value is -6.62. The van der Waals surface area contributed by atoms with E-state index in [1.165, 1.54) is 87.9 Å². The lowest BCUT2D eigenvalue weighted by molar-refractivity contribution is -0.434. The van der Waals surface area contributed by atoms with E-state index in [0.717, 1.165) is 25.2 Å². The lowest BCUT2D eigenvalue weighted by Crippen LogP contribution is -2.69. The van der Waals surface area contributed by atoms with Gasteiger partial charge in [0.1, 0.15) is 98.2 Å². The van der Waals surface area contributed by atoms with E-state index in [2.05, 4.69) is 0 Å². The molecule has 24 unspecified atom stereocenters. The van der Waals surface area contributed by atoms with Gasteiger partial charge in [-0.3, -0.25) is 4.79 Å². The molecule has 3 aromatic carbocycles. The summed E-state index contributed by atoms with van der Waals surface area (Å²) in [5.41, 5.74) is 0.306. The second-order valence-electron chi connectivity index (χ2n) is 21.3. The molecule has 0 spiro atoms. The Morgan fingerprint density at radius 3 is 1.66 bits per heavy atom. The molecule has 0 aliphatic carbocycles. The Kier molecular flexibility index (Phi) is 23.8. The molecule has 14 N–H and O–H groups in total. The van der Waals surface area contributed by atoms with Crippen LogP contribution in [-0.4, -0.2) is 283 Å². The fraction of sp³-hybridized carbons (Fsp3) is 0.552. The summed E-state index contributed by atoms with van der Waals surface area (Å²) in [6, 6.07) is 15.1. The van der Waals surface area contributed by atoms with Gasteiger partial charge in [-0.1, -0.05) is 30.3 Å². The van der Waals surface area contributed by atoms with Crippen molar-refractivity contribution in [3.05, 3.63) is 95.6 Å². The molecule has 5 aliphatic rings. The van der Waals surface area contributed by atoms with Gasteiger partial charge >= 0.3 is 23.9 Å². The summed E-state index contributed by atoms with van der Waals surface area (Å²) in [7, 11) is 2.52. The van der Waals surface area contributed by atoms with Crippen molar-refractivity contribution in [2.75, 3.05) is 40.6 Å². The first-order valence-electron chi connectivity index (χ1n) is 28.2. The van der Waals surface area contributed by atoms with Crippen molar-refractivity contribution >= 4 is 36.0 Å². The van der Waals surface area contributed by atoms with Crippen LogP contribution in [0, 0.1) is 0 Å². The zero-order valence-corrected chi connectivity index (χ0v) is 48.8. The van der Waals surface area contributed by atoms with Crippen LogP contribution in [0.3, 0.4) is 0 Å². The van der Waals surface area contributed by atoms with Gasteiger partial charge in [0.05, 0.1) is 45.7 Å². The first kappa shape index (κ1) is 70.3. The highest BCUT2D eigenvalue weighted by Gasteiger charge is 2.64. The molecule has 5 heterocycles. The molecule has 0 aromatic heterocycles. The van der Waals surface area contributed by atoms with E-state index in [1.807, 2.05) is 0 Å². The standard InChI is InChI=1S/C58H72O33/c1-24-38(66)42(70)45(73)53(80-24)82-30-15-11-27(19-32(30)78-4)13-17-37(65)85-49-48(86-54-46(74)43(71)39(67)33(20-59)83-54)50(87-55-47(75)44(72)40(68)34(21-60)84-55)57(89-56(49)81-25(2)62)91-58(23-79-36(64)16-12-26-10-14-29(63)31(18-26)77-3)51(41(69)35(22-61)90-58)88-52(76)28-8-6-5-7-9-28/h5-19,24,33-35,38-51,53-57,59-61,63,66-75H,20-23H2,1-4H3. The molecular weight excluding hydrogens is 1220 g/mol. The Labute approximate surface area is 516 Å². The molecule has 5 fully saturated rings. The SMILES string of the molecule is COc1cc(C=CC(=O)OCC2(OC3OC(OC(C)=O)C(OC(=O)C=Cc4ccc(OC5OC(C)C(O)C(O)C5O)c(OC)c4)C(OC4OC(CO)C(O)C(O)C4O)C3OC3OC(CO)C(O)C(O)C3O)OC(CO)C(O)C2OC(=O)c2ccccc2)ccc1O. The molecule has 0 radical (unpaired) electrons. The van der Waals surface area contributed by atoms with Crippen molar-refractivity contribution in [2.24, 2.45) is 0 Å². The number of aliphatic hydroxyl groups excluding tert-OH is 13. The van der Waals surface area contributed by atoms with E-state index in [4.69, 9.17) is 71.1 Å². The topological polar surface area (TPSA) is 490 Å². The molecule has 33 heteroatoms. The number of aliphatic hydroxyl groups is 13. The van der Waals surface area contributed by atoms with Crippen LogP contribution in [0.4, 0.5) is 0 Å². The summed E-state index contributed by atoms with van der Waals surface area (Å²) in [6.45, 7) is -2.21. The van der Waals surface area contributed by atoms with Gasteiger partial charge in [0.2, 0.25) is 18.4 Å². The highest BCUT2D eigenvalue weighted by Crippen LogP contribution is 2.43. The molecule has 0 bridgehead atoms. The predicted octanol–water partition coefficient (Wildman–Crippen LogP) is -4.90. The molecule has 91 heavy (non-hydrogen) atoms. The molecule has 0 amide bonds. The quantitative estimate of drug-likeness (QED) is 0.0240. The average Bonchev–Trinajstić information content (AvgIpc) is 1.72. The molecule has 5 saturated heterocycles. The van der Waals surface area contributed by atoms with E-state index in [0.29, 0.717) is 0 Å². The average molecular weight is 1300 g/mol. The second-order valence-corrected chi connectivity index (χ2v) is 21.3. The molecule has 0 saturated carbocycles. The van der Waals surface area contributed by atoms with Crippen LogP contribution >= 0.6 is 0 Å². The first-order chi connectivity index (χ1) is 43.3. The van der Waals surface area contributed by atoms with Gasteiger partial charge in [-0.2, -0.15) is 0 Å². The number of ether oxygens (including phenoxy) is 15. The molecular formula is C58H72O33. The lowest BCUT2D eigenvalue weighted by atomic mass is 9.97.